The Hall–Kier alpha value is -1.87. The molecule has 3 aromatic rings. The largest absolute Gasteiger partial charge is 0.486 e. The van der Waals surface area contributed by atoms with Crippen molar-refractivity contribution in [2.75, 3.05) is 5.32 Å². The Labute approximate surface area is 175 Å². The summed E-state index contributed by atoms with van der Waals surface area (Å²) >= 11 is 19.0. The topological polar surface area (TPSA) is 21.3 Å². The average Bonchev–Trinajstić information content (AvgIpc) is 2.64. The average molecular weight is 421 g/mol. The van der Waals surface area contributed by atoms with Crippen LogP contribution in [0.1, 0.15) is 22.3 Å². The Morgan fingerprint density at radius 1 is 0.815 bits per heavy atom. The second-order valence-electron chi connectivity index (χ2n) is 6.43. The van der Waals surface area contributed by atoms with Gasteiger partial charge in [0.05, 0.1) is 10.0 Å². The van der Waals surface area contributed by atoms with Crippen molar-refractivity contribution in [3.05, 3.63) is 91.9 Å². The zero-order valence-electron chi connectivity index (χ0n) is 15.2. The van der Waals surface area contributed by atoms with Gasteiger partial charge in [-0.1, -0.05) is 70.7 Å². The van der Waals surface area contributed by atoms with Gasteiger partial charge in [0, 0.05) is 17.3 Å². The number of hydrogen-bond acceptors (Lipinski definition) is 2. The van der Waals surface area contributed by atoms with Gasteiger partial charge in [0.2, 0.25) is 0 Å². The Kier molecular flexibility index (Phi) is 6.54. The number of halogens is 3. The smallest absolute Gasteiger partial charge is 0.156 e. The van der Waals surface area contributed by atoms with Crippen LogP contribution in [0.15, 0.2) is 54.6 Å². The van der Waals surface area contributed by atoms with Crippen molar-refractivity contribution < 1.29 is 4.74 Å². The first-order valence-electron chi connectivity index (χ1n) is 8.59. The molecule has 0 heterocycles. The predicted octanol–water partition coefficient (Wildman–Crippen LogP) is 7.45. The Morgan fingerprint density at radius 3 is 2.15 bits per heavy atom. The maximum Gasteiger partial charge on any atom is 0.156 e. The van der Waals surface area contributed by atoms with Crippen molar-refractivity contribution in [2.45, 2.75) is 27.0 Å². The van der Waals surface area contributed by atoms with E-state index in [2.05, 4.69) is 24.4 Å². The molecule has 0 spiro atoms. The highest BCUT2D eigenvalue weighted by molar-refractivity contribution is 6.37. The lowest BCUT2D eigenvalue weighted by molar-refractivity contribution is 0.306. The van der Waals surface area contributed by atoms with E-state index in [1.165, 1.54) is 5.56 Å². The summed E-state index contributed by atoms with van der Waals surface area (Å²) in [6, 6.07) is 17.7. The molecule has 140 valence electrons. The molecule has 0 aromatic heterocycles. The normalized spacial score (nSPS) is 10.7. The molecule has 0 aliphatic rings. The van der Waals surface area contributed by atoms with Gasteiger partial charge in [-0.25, -0.2) is 0 Å². The van der Waals surface area contributed by atoms with Crippen LogP contribution in [0.2, 0.25) is 15.1 Å². The minimum Gasteiger partial charge on any atom is -0.486 e. The monoisotopic (exact) mass is 419 g/mol. The minimum absolute atomic E-state index is 0.416. The van der Waals surface area contributed by atoms with Crippen LogP contribution in [0.3, 0.4) is 0 Å². The number of anilines is 1. The summed E-state index contributed by atoms with van der Waals surface area (Å²) in [6.07, 6.45) is 0. The van der Waals surface area contributed by atoms with E-state index in [1.54, 1.807) is 0 Å². The summed E-state index contributed by atoms with van der Waals surface area (Å²) < 4.78 is 5.84. The predicted molar refractivity (Wildman–Crippen MR) is 115 cm³/mol. The minimum atomic E-state index is 0.416. The first-order chi connectivity index (χ1) is 12.9. The number of aryl methyl sites for hydroxylation is 1. The molecule has 1 N–H and O–H groups in total. The van der Waals surface area contributed by atoms with Gasteiger partial charge in [0.15, 0.2) is 5.75 Å². The maximum atomic E-state index is 6.41. The highest BCUT2D eigenvalue weighted by Gasteiger charge is 2.11. The SMILES string of the molecule is Cc1ccc(COc2c(Cl)cc(CNc3cccc(Cl)c3C)cc2Cl)cc1. The summed E-state index contributed by atoms with van der Waals surface area (Å²) in [5, 5.41) is 5.09. The van der Waals surface area contributed by atoms with E-state index in [1.807, 2.05) is 49.4 Å². The molecule has 3 aromatic carbocycles. The summed E-state index contributed by atoms with van der Waals surface area (Å²) in [6.45, 7) is 5.03. The number of nitrogens with one attached hydrogen (secondary N) is 1. The third-order valence-corrected chi connectivity index (χ3v) is 5.28. The standard InChI is InChI=1S/C22H20Cl3NO/c1-14-6-8-16(9-7-14)13-27-22-19(24)10-17(11-20(22)25)12-26-21-5-3-4-18(23)15(21)2/h3-11,26H,12-13H2,1-2H3. The Morgan fingerprint density at radius 2 is 1.48 bits per heavy atom. The lowest BCUT2D eigenvalue weighted by atomic mass is 10.1. The molecule has 2 nitrogen and oxygen atoms in total. The van der Waals surface area contributed by atoms with Gasteiger partial charge in [-0.05, 0) is 54.8 Å². The number of benzene rings is 3. The molecule has 0 bridgehead atoms. The van der Waals surface area contributed by atoms with E-state index >= 15 is 0 Å². The van der Waals surface area contributed by atoms with E-state index < -0.39 is 0 Å². The number of rotatable bonds is 6. The molecule has 3 rings (SSSR count). The second kappa shape index (κ2) is 8.88. The second-order valence-corrected chi connectivity index (χ2v) is 7.65. The van der Waals surface area contributed by atoms with Gasteiger partial charge < -0.3 is 10.1 Å². The van der Waals surface area contributed by atoms with Crippen LogP contribution in [0.4, 0.5) is 5.69 Å². The van der Waals surface area contributed by atoms with Crippen molar-refractivity contribution in [3.8, 4) is 5.75 Å². The molecule has 0 unspecified atom stereocenters. The summed E-state index contributed by atoms with van der Waals surface area (Å²) in [5.41, 5.74) is 5.23. The third-order valence-electron chi connectivity index (χ3n) is 4.31. The van der Waals surface area contributed by atoms with Crippen LogP contribution in [-0.2, 0) is 13.2 Å². The van der Waals surface area contributed by atoms with Crippen LogP contribution < -0.4 is 10.1 Å². The fourth-order valence-electron chi connectivity index (χ4n) is 2.69. The third kappa shape index (κ3) is 5.10. The highest BCUT2D eigenvalue weighted by Crippen LogP contribution is 2.35. The Balaban J connectivity index is 1.68. The molecule has 0 aliphatic carbocycles. The summed E-state index contributed by atoms with van der Waals surface area (Å²) in [7, 11) is 0. The molecule has 5 heteroatoms. The molecule has 0 amide bonds. The first kappa shape index (κ1) is 19.9. The van der Waals surface area contributed by atoms with Crippen molar-refractivity contribution in [2.24, 2.45) is 0 Å². The van der Waals surface area contributed by atoms with E-state index in [9.17, 15) is 0 Å². The number of hydrogen-bond donors (Lipinski definition) is 1. The van der Waals surface area contributed by atoms with Crippen LogP contribution in [0, 0.1) is 13.8 Å². The van der Waals surface area contributed by atoms with Crippen LogP contribution in [0.5, 0.6) is 5.75 Å². The fraction of sp³-hybridized carbons (Fsp3) is 0.182. The van der Waals surface area contributed by atoms with Gasteiger partial charge in [-0.15, -0.1) is 0 Å². The van der Waals surface area contributed by atoms with Gasteiger partial charge in [-0.2, -0.15) is 0 Å². The van der Waals surface area contributed by atoms with Crippen molar-refractivity contribution in [3.63, 3.8) is 0 Å². The van der Waals surface area contributed by atoms with Crippen LogP contribution in [-0.4, -0.2) is 0 Å². The molecule has 0 radical (unpaired) electrons. The zero-order valence-corrected chi connectivity index (χ0v) is 17.4. The molecular formula is C22H20Cl3NO. The van der Waals surface area contributed by atoms with Crippen LogP contribution in [0.25, 0.3) is 0 Å². The summed E-state index contributed by atoms with van der Waals surface area (Å²) in [5.74, 6) is 0.501. The lowest BCUT2D eigenvalue weighted by Gasteiger charge is -2.14. The van der Waals surface area contributed by atoms with E-state index in [0.29, 0.717) is 28.9 Å². The van der Waals surface area contributed by atoms with E-state index in [4.69, 9.17) is 39.5 Å². The quantitative estimate of drug-likeness (QED) is 0.447. The molecule has 0 aliphatic heterocycles. The fourth-order valence-corrected chi connectivity index (χ4v) is 3.50. The van der Waals surface area contributed by atoms with E-state index in [0.717, 1.165) is 27.4 Å². The van der Waals surface area contributed by atoms with Gasteiger partial charge in [-0.3, -0.25) is 0 Å². The van der Waals surface area contributed by atoms with Gasteiger partial charge in [0.1, 0.15) is 6.61 Å². The van der Waals surface area contributed by atoms with Crippen molar-refractivity contribution in [1.82, 2.24) is 0 Å². The van der Waals surface area contributed by atoms with Crippen molar-refractivity contribution >= 4 is 40.5 Å². The number of ether oxygens (including phenoxy) is 1. The maximum absolute atomic E-state index is 6.41. The summed E-state index contributed by atoms with van der Waals surface area (Å²) in [4.78, 5) is 0. The zero-order chi connectivity index (χ0) is 19.4. The molecule has 0 atom stereocenters. The molecule has 0 fully saturated rings. The molecule has 0 saturated heterocycles. The van der Waals surface area contributed by atoms with Gasteiger partial charge >= 0.3 is 0 Å². The first-order valence-corrected chi connectivity index (χ1v) is 9.72. The highest BCUT2D eigenvalue weighted by atomic mass is 35.5. The molecule has 0 saturated carbocycles. The molecule has 27 heavy (non-hydrogen) atoms. The van der Waals surface area contributed by atoms with Crippen molar-refractivity contribution in [1.29, 1.82) is 0 Å². The van der Waals surface area contributed by atoms with E-state index in [-0.39, 0.29) is 0 Å². The van der Waals surface area contributed by atoms with Gasteiger partial charge in [0.25, 0.3) is 0 Å². The van der Waals surface area contributed by atoms with Crippen LogP contribution >= 0.6 is 34.8 Å². The lowest BCUT2D eigenvalue weighted by Crippen LogP contribution is -2.02. The Bertz CT molecular complexity index is 916. The molecular weight excluding hydrogens is 401 g/mol.